The van der Waals surface area contributed by atoms with Gasteiger partial charge in [-0.3, -0.25) is 4.79 Å². The smallest absolute Gasteiger partial charge is 0.326 e. The number of carboxylic acid groups (broad SMARTS) is 2. The lowest BCUT2D eigenvalue weighted by Gasteiger charge is -2.29. The Hall–Kier alpha value is -1.83. The van der Waals surface area contributed by atoms with Crippen LogP contribution in [-0.4, -0.2) is 63.4 Å². The number of nitrogens with zero attached hydrogens (tertiary/aromatic N) is 1. The van der Waals surface area contributed by atoms with Gasteiger partial charge in [0.2, 0.25) is 0 Å². The monoisotopic (exact) mass is 288 g/mol. The van der Waals surface area contributed by atoms with Gasteiger partial charge in [0.25, 0.3) is 0 Å². The van der Waals surface area contributed by atoms with E-state index in [0.29, 0.717) is 0 Å². The van der Waals surface area contributed by atoms with E-state index in [1.165, 1.54) is 4.90 Å². The predicted octanol–water partition coefficient (Wildman–Crippen LogP) is -0.139. The van der Waals surface area contributed by atoms with Crippen LogP contribution in [0.25, 0.3) is 0 Å². The fourth-order valence-corrected chi connectivity index (χ4v) is 2.38. The fourth-order valence-electron chi connectivity index (χ4n) is 2.38. The lowest BCUT2D eigenvalue weighted by molar-refractivity contribution is -0.145. The van der Waals surface area contributed by atoms with Crippen molar-refractivity contribution in [2.75, 3.05) is 13.2 Å². The molecule has 8 nitrogen and oxygen atoms in total. The van der Waals surface area contributed by atoms with E-state index in [1.54, 1.807) is 0 Å². The quantitative estimate of drug-likeness (QED) is 0.516. The summed E-state index contributed by atoms with van der Waals surface area (Å²) in [6, 6.07) is -2.14. The van der Waals surface area contributed by atoms with Crippen LogP contribution in [0.5, 0.6) is 0 Å². The molecule has 4 N–H and O–H groups in total. The maximum Gasteiger partial charge on any atom is 0.326 e. The van der Waals surface area contributed by atoms with E-state index in [1.807, 2.05) is 0 Å². The zero-order valence-corrected chi connectivity index (χ0v) is 11.1. The molecule has 1 aliphatic carbocycles. The minimum absolute atomic E-state index is 0.0265. The van der Waals surface area contributed by atoms with Crippen LogP contribution in [0.3, 0.4) is 0 Å². The van der Waals surface area contributed by atoms with Gasteiger partial charge in [-0.1, -0.05) is 12.8 Å². The first kappa shape index (κ1) is 16.2. The summed E-state index contributed by atoms with van der Waals surface area (Å²) in [5, 5.41) is 28.7. The highest BCUT2D eigenvalue weighted by Gasteiger charge is 2.30. The molecule has 0 aromatic heterocycles. The van der Waals surface area contributed by atoms with Crippen molar-refractivity contribution in [2.24, 2.45) is 0 Å². The molecule has 0 bridgehead atoms. The normalized spacial score (nSPS) is 16.6. The molecule has 0 radical (unpaired) electrons. The highest BCUT2D eigenvalue weighted by molar-refractivity contribution is 5.86. The number of carbonyl (C=O) groups is 3. The number of rotatable bonds is 7. The number of hydrogen-bond acceptors (Lipinski definition) is 4. The standard InChI is InChI=1S/C12H20N2O6/c15-6-5-14(8-3-1-2-4-8)12(20)13-9(11(18)19)7-10(16)17/h8-9,15H,1-7H2,(H,13,20)(H,16,17)(H,18,19)/t9-/m0/s1. The second-order valence-corrected chi connectivity index (χ2v) is 4.79. The van der Waals surface area contributed by atoms with Crippen LogP contribution >= 0.6 is 0 Å². The van der Waals surface area contributed by atoms with Crippen LogP contribution < -0.4 is 5.32 Å². The molecule has 0 aromatic rings. The van der Waals surface area contributed by atoms with E-state index in [0.717, 1.165) is 25.7 Å². The summed E-state index contributed by atoms with van der Waals surface area (Å²) in [7, 11) is 0. The van der Waals surface area contributed by atoms with Gasteiger partial charge in [-0.15, -0.1) is 0 Å². The van der Waals surface area contributed by atoms with E-state index < -0.39 is 30.4 Å². The van der Waals surface area contributed by atoms with Crippen molar-refractivity contribution in [1.29, 1.82) is 0 Å². The third kappa shape index (κ3) is 4.69. The Bertz CT molecular complexity index is 367. The average Bonchev–Trinajstić information content (AvgIpc) is 2.87. The van der Waals surface area contributed by atoms with Crippen molar-refractivity contribution in [3.63, 3.8) is 0 Å². The molecule has 1 aliphatic rings. The summed E-state index contributed by atoms with van der Waals surface area (Å²) in [6.45, 7) is -0.115. The molecule has 0 saturated heterocycles. The average molecular weight is 288 g/mol. The predicted molar refractivity (Wildman–Crippen MR) is 68.3 cm³/mol. The van der Waals surface area contributed by atoms with Gasteiger partial charge in [-0.05, 0) is 12.8 Å². The van der Waals surface area contributed by atoms with Gasteiger partial charge < -0.3 is 25.5 Å². The van der Waals surface area contributed by atoms with Crippen LogP contribution in [0.4, 0.5) is 4.79 Å². The van der Waals surface area contributed by atoms with Gasteiger partial charge in [0.05, 0.1) is 13.0 Å². The first-order valence-electron chi connectivity index (χ1n) is 6.58. The summed E-state index contributed by atoms with van der Waals surface area (Å²) in [5.41, 5.74) is 0. The van der Waals surface area contributed by atoms with Crippen LogP contribution in [-0.2, 0) is 9.59 Å². The maximum atomic E-state index is 12.1. The molecule has 0 aliphatic heterocycles. The second kappa shape index (κ2) is 7.68. The number of amides is 2. The Morgan fingerprint density at radius 3 is 2.25 bits per heavy atom. The summed E-state index contributed by atoms with van der Waals surface area (Å²) in [6.07, 6.45) is 2.90. The summed E-state index contributed by atoms with van der Waals surface area (Å²) >= 11 is 0. The Morgan fingerprint density at radius 2 is 1.80 bits per heavy atom. The van der Waals surface area contributed by atoms with E-state index >= 15 is 0 Å². The van der Waals surface area contributed by atoms with E-state index in [4.69, 9.17) is 15.3 Å². The summed E-state index contributed by atoms with van der Waals surface area (Å²) in [5.74, 6) is -2.69. The third-order valence-electron chi connectivity index (χ3n) is 3.34. The first-order chi connectivity index (χ1) is 9.45. The number of aliphatic hydroxyl groups is 1. The SMILES string of the molecule is O=C(O)C[C@H](NC(=O)N(CCO)C1CCCC1)C(=O)O. The number of nitrogens with one attached hydrogen (secondary N) is 1. The van der Waals surface area contributed by atoms with Gasteiger partial charge in [0.15, 0.2) is 0 Å². The molecular weight excluding hydrogens is 268 g/mol. The fraction of sp³-hybridized carbons (Fsp3) is 0.750. The van der Waals surface area contributed by atoms with Crippen LogP contribution in [0.1, 0.15) is 32.1 Å². The Kier molecular flexibility index (Phi) is 6.23. The molecule has 0 spiro atoms. The molecule has 0 unspecified atom stereocenters. The molecule has 0 heterocycles. The molecule has 114 valence electrons. The molecular formula is C12H20N2O6. The Labute approximate surface area is 116 Å². The zero-order chi connectivity index (χ0) is 15.1. The van der Waals surface area contributed by atoms with Crippen molar-refractivity contribution in [2.45, 2.75) is 44.2 Å². The lowest BCUT2D eigenvalue weighted by Crippen LogP contribution is -2.52. The van der Waals surface area contributed by atoms with Crippen molar-refractivity contribution in [3.8, 4) is 0 Å². The first-order valence-corrected chi connectivity index (χ1v) is 6.58. The second-order valence-electron chi connectivity index (χ2n) is 4.79. The molecule has 20 heavy (non-hydrogen) atoms. The number of aliphatic hydroxyl groups excluding tert-OH is 1. The van der Waals surface area contributed by atoms with Crippen LogP contribution in [0.2, 0.25) is 0 Å². The molecule has 1 saturated carbocycles. The molecule has 1 fully saturated rings. The maximum absolute atomic E-state index is 12.1. The van der Waals surface area contributed by atoms with Crippen LogP contribution in [0, 0.1) is 0 Å². The zero-order valence-electron chi connectivity index (χ0n) is 11.1. The Morgan fingerprint density at radius 1 is 1.20 bits per heavy atom. The van der Waals surface area contributed by atoms with Gasteiger partial charge in [0.1, 0.15) is 6.04 Å². The molecule has 1 rings (SSSR count). The summed E-state index contributed by atoms with van der Waals surface area (Å²) in [4.78, 5) is 35.0. The van der Waals surface area contributed by atoms with E-state index in [-0.39, 0.29) is 19.2 Å². The minimum atomic E-state index is -1.47. The van der Waals surface area contributed by atoms with Crippen molar-refractivity contribution in [3.05, 3.63) is 0 Å². The number of carbonyl (C=O) groups excluding carboxylic acids is 1. The minimum Gasteiger partial charge on any atom is -0.481 e. The van der Waals surface area contributed by atoms with Crippen molar-refractivity contribution in [1.82, 2.24) is 10.2 Å². The van der Waals surface area contributed by atoms with Gasteiger partial charge in [-0.2, -0.15) is 0 Å². The highest BCUT2D eigenvalue weighted by atomic mass is 16.4. The highest BCUT2D eigenvalue weighted by Crippen LogP contribution is 2.23. The summed E-state index contributed by atoms with van der Waals surface area (Å²) < 4.78 is 0. The van der Waals surface area contributed by atoms with Gasteiger partial charge >= 0.3 is 18.0 Å². The molecule has 0 aromatic carbocycles. The van der Waals surface area contributed by atoms with Gasteiger partial charge in [-0.25, -0.2) is 9.59 Å². The third-order valence-corrected chi connectivity index (χ3v) is 3.34. The van der Waals surface area contributed by atoms with E-state index in [2.05, 4.69) is 5.32 Å². The van der Waals surface area contributed by atoms with Crippen molar-refractivity contribution < 1.29 is 29.7 Å². The lowest BCUT2D eigenvalue weighted by atomic mass is 10.2. The molecule has 8 heteroatoms. The number of aliphatic carboxylic acids is 2. The Balaban J connectivity index is 2.67. The number of hydrogen-bond donors (Lipinski definition) is 4. The van der Waals surface area contributed by atoms with Crippen molar-refractivity contribution >= 4 is 18.0 Å². The largest absolute Gasteiger partial charge is 0.481 e. The number of urea groups is 1. The van der Waals surface area contributed by atoms with Crippen LogP contribution in [0.15, 0.2) is 0 Å². The molecule has 1 atom stereocenters. The molecule has 2 amide bonds. The van der Waals surface area contributed by atoms with Gasteiger partial charge in [0, 0.05) is 12.6 Å². The number of carboxylic acids is 2. The van der Waals surface area contributed by atoms with E-state index in [9.17, 15) is 14.4 Å². The topological polar surface area (TPSA) is 127 Å².